The largest absolute Gasteiger partial charge is 0.496 e. The van der Waals surface area contributed by atoms with Gasteiger partial charge in [0.15, 0.2) is 0 Å². The molecule has 2 aromatic rings. The van der Waals surface area contributed by atoms with Crippen molar-refractivity contribution in [3.05, 3.63) is 56.8 Å². The molecule has 0 amide bonds. The van der Waals surface area contributed by atoms with Crippen molar-refractivity contribution in [2.45, 2.75) is 6.04 Å². The Hall–Kier alpha value is -1.30. The van der Waals surface area contributed by atoms with Crippen LogP contribution in [0.25, 0.3) is 0 Å². The molecule has 0 aliphatic carbocycles. The highest BCUT2D eigenvalue weighted by molar-refractivity contribution is 9.10. The number of methoxy groups -OCH3 is 2. The van der Waals surface area contributed by atoms with Crippen molar-refractivity contribution in [2.24, 2.45) is 5.73 Å². The zero-order valence-corrected chi connectivity index (χ0v) is 13.8. The Morgan fingerprint density at radius 2 is 1.76 bits per heavy atom. The third kappa shape index (κ3) is 3.31. The lowest BCUT2D eigenvalue weighted by molar-refractivity contribution is 0.394. The van der Waals surface area contributed by atoms with Crippen LogP contribution < -0.4 is 15.2 Å². The first kappa shape index (κ1) is 16.1. The molecule has 2 rings (SSSR count). The lowest BCUT2D eigenvalue weighted by Crippen LogP contribution is -2.15. The molecule has 1 atom stereocenters. The van der Waals surface area contributed by atoms with Gasteiger partial charge in [-0.2, -0.15) is 0 Å². The van der Waals surface area contributed by atoms with E-state index in [-0.39, 0.29) is 0 Å². The van der Waals surface area contributed by atoms with Crippen LogP contribution in [-0.4, -0.2) is 14.2 Å². The van der Waals surface area contributed by atoms with Crippen molar-refractivity contribution < 1.29 is 13.9 Å². The van der Waals surface area contributed by atoms with E-state index in [9.17, 15) is 4.39 Å². The zero-order chi connectivity index (χ0) is 15.6. The molecule has 0 spiro atoms. The molecule has 1 unspecified atom stereocenters. The summed E-state index contributed by atoms with van der Waals surface area (Å²) in [5.74, 6) is 0.703. The average molecular weight is 375 g/mol. The molecule has 0 aliphatic heterocycles. The lowest BCUT2D eigenvalue weighted by atomic mass is 9.98. The van der Waals surface area contributed by atoms with Crippen LogP contribution in [0.2, 0.25) is 5.02 Å². The number of nitrogens with two attached hydrogens (primary N) is 1. The molecule has 0 radical (unpaired) electrons. The van der Waals surface area contributed by atoms with Crippen molar-refractivity contribution in [3.8, 4) is 11.5 Å². The number of rotatable bonds is 4. The summed E-state index contributed by atoms with van der Waals surface area (Å²) < 4.78 is 25.3. The number of ether oxygens (including phenoxy) is 2. The minimum absolute atomic E-state index is 0.296. The van der Waals surface area contributed by atoms with Crippen molar-refractivity contribution in [1.29, 1.82) is 0 Å². The first-order chi connectivity index (χ1) is 9.97. The summed E-state index contributed by atoms with van der Waals surface area (Å²) in [5.41, 5.74) is 7.09. The Bertz CT molecular complexity index is 666. The monoisotopic (exact) mass is 373 g/mol. The second-order valence-electron chi connectivity index (χ2n) is 4.37. The molecule has 0 fully saturated rings. The van der Waals surface area contributed by atoms with E-state index in [0.29, 0.717) is 27.6 Å². The van der Waals surface area contributed by atoms with E-state index in [1.54, 1.807) is 19.2 Å². The third-order valence-electron chi connectivity index (χ3n) is 3.13. The van der Waals surface area contributed by atoms with Crippen molar-refractivity contribution in [3.63, 3.8) is 0 Å². The van der Waals surface area contributed by atoms with Gasteiger partial charge in [0.05, 0.1) is 24.7 Å². The Labute approximate surface area is 135 Å². The van der Waals surface area contributed by atoms with Gasteiger partial charge in [0.2, 0.25) is 0 Å². The molecular formula is C15H14BrClFNO2. The summed E-state index contributed by atoms with van der Waals surface area (Å²) in [5, 5.41) is 0.421. The molecule has 2 N–H and O–H groups in total. The maximum absolute atomic E-state index is 14.0. The summed E-state index contributed by atoms with van der Waals surface area (Å²) >= 11 is 9.29. The molecular weight excluding hydrogens is 361 g/mol. The summed E-state index contributed by atoms with van der Waals surface area (Å²) in [6.07, 6.45) is 0. The fraction of sp³-hybridized carbons (Fsp3) is 0.200. The van der Waals surface area contributed by atoms with E-state index in [4.69, 9.17) is 26.8 Å². The van der Waals surface area contributed by atoms with Crippen molar-refractivity contribution in [2.75, 3.05) is 14.2 Å². The van der Waals surface area contributed by atoms with Gasteiger partial charge in [-0.25, -0.2) is 4.39 Å². The van der Waals surface area contributed by atoms with Crippen LogP contribution in [0.5, 0.6) is 11.5 Å². The summed E-state index contributed by atoms with van der Waals surface area (Å²) in [6, 6.07) is 7.01. The van der Waals surface area contributed by atoms with Crippen LogP contribution in [0.3, 0.4) is 0 Å². The van der Waals surface area contributed by atoms with Crippen molar-refractivity contribution >= 4 is 27.5 Å². The summed E-state index contributed by atoms with van der Waals surface area (Å²) in [4.78, 5) is 0. The first-order valence-corrected chi connectivity index (χ1v) is 7.27. The summed E-state index contributed by atoms with van der Waals surface area (Å²) in [6.45, 7) is 0. The molecule has 6 heteroatoms. The SMILES string of the molecule is COc1cc(C(N)c2cc(Cl)ccc2F)c(OC)cc1Br. The zero-order valence-electron chi connectivity index (χ0n) is 11.5. The van der Waals surface area contributed by atoms with Gasteiger partial charge in [-0.1, -0.05) is 11.6 Å². The molecule has 0 saturated heterocycles. The van der Waals surface area contributed by atoms with Gasteiger partial charge in [0.1, 0.15) is 17.3 Å². The fourth-order valence-electron chi connectivity index (χ4n) is 2.05. The summed E-state index contributed by atoms with van der Waals surface area (Å²) in [7, 11) is 3.07. The number of hydrogen-bond acceptors (Lipinski definition) is 3. The smallest absolute Gasteiger partial charge is 0.133 e. The highest BCUT2D eigenvalue weighted by atomic mass is 79.9. The quantitative estimate of drug-likeness (QED) is 0.867. The topological polar surface area (TPSA) is 44.5 Å². The maximum Gasteiger partial charge on any atom is 0.133 e. The molecule has 112 valence electrons. The lowest BCUT2D eigenvalue weighted by Gasteiger charge is -2.19. The highest BCUT2D eigenvalue weighted by Crippen LogP contribution is 2.38. The van der Waals surface area contributed by atoms with Crippen LogP contribution in [0.15, 0.2) is 34.8 Å². The fourth-order valence-corrected chi connectivity index (χ4v) is 2.71. The van der Waals surface area contributed by atoms with Gasteiger partial charge in [-0.05, 0) is 46.3 Å². The van der Waals surface area contributed by atoms with Crippen LogP contribution >= 0.6 is 27.5 Å². The van der Waals surface area contributed by atoms with E-state index >= 15 is 0 Å². The van der Waals surface area contributed by atoms with E-state index in [1.165, 1.54) is 25.3 Å². The van der Waals surface area contributed by atoms with Crippen LogP contribution in [-0.2, 0) is 0 Å². The van der Waals surface area contributed by atoms with E-state index in [2.05, 4.69) is 15.9 Å². The Morgan fingerprint density at radius 3 is 2.38 bits per heavy atom. The second kappa shape index (κ2) is 6.64. The van der Waals surface area contributed by atoms with E-state index < -0.39 is 11.9 Å². The molecule has 0 saturated carbocycles. The number of hydrogen-bond donors (Lipinski definition) is 1. The normalized spacial score (nSPS) is 12.1. The van der Waals surface area contributed by atoms with Crippen LogP contribution in [0.4, 0.5) is 4.39 Å². The predicted octanol–water partition coefficient (Wildman–Crippen LogP) is 4.31. The van der Waals surface area contributed by atoms with Crippen LogP contribution in [0, 0.1) is 5.82 Å². The first-order valence-electron chi connectivity index (χ1n) is 6.10. The third-order valence-corrected chi connectivity index (χ3v) is 3.99. The number of halogens is 3. The van der Waals surface area contributed by atoms with Gasteiger partial charge in [-0.15, -0.1) is 0 Å². The molecule has 21 heavy (non-hydrogen) atoms. The highest BCUT2D eigenvalue weighted by Gasteiger charge is 2.20. The standard InChI is InChI=1S/C15H14BrClFNO2/c1-20-13-7-11(16)14(21-2)6-10(13)15(19)9-5-8(17)3-4-12(9)18/h3-7,15H,19H2,1-2H3. The molecule has 0 heterocycles. The van der Waals surface area contributed by atoms with Gasteiger partial charge < -0.3 is 15.2 Å². The predicted molar refractivity (Wildman–Crippen MR) is 84.7 cm³/mol. The Morgan fingerprint density at radius 1 is 1.10 bits per heavy atom. The van der Waals surface area contributed by atoms with Crippen LogP contribution in [0.1, 0.15) is 17.2 Å². The Kier molecular flexibility index (Phi) is 5.08. The Balaban J connectivity index is 2.56. The maximum atomic E-state index is 14.0. The molecule has 2 aromatic carbocycles. The van der Waals surface area contributed by atoms with Crippen molar-refractivity contribution in [1.82, 2.24) is 0 Å². The van der Waals surface area contributed by atoms with E-state index in [0.717, 1.165) is 4.47 Å². The minimum Gasteiger partial charge on any atom is -0.496 e. The molecule has 0 aliphatic rings. The molecule has 0 aromatic heterocycles. The van der Waals surface area contributed by atoms with Gasteiger partial charge in [0.25, 0.3) is 0 Å². The van der Waals surface area contributed by atoms with Gasteiger partial charge >= 0.3 is 0 Å². The van der Waals surface area contributed by atoms with Gasteiger partial charge in [0, 0.05) is 16.1 Å². The van der Waals surface area contributed by atoms with Gasteiger partial charge in [-0.3, -0.25) is 0 Å². The molecule has 0 bridgehead atoms. The average Bonchev–Trinajstić information content (AvgIpc) is 2.48. The second-order valence-corrected chi connectivity index (χ2v) is 5.66. The number of benzene rings is 2. The minimum atomic E-state index is -0.722. The molecule has 3 nitrogen and oxygen atoms in total. The van der Waals surface area contributed by atoms with E-state index in [1.807, 2.05) is 0 Å².